The first kappa shape index (κ1) is 12.4. The van der Waals surface area contributed by atoms with Crippen molar-refractivity contribution in [3.8, 4) is 5.75 Å². The third-order valence-electron chi connectivity index (χ3n) is 3.06. The second-order valence-electron chi connectivity index (χ2n) is 4.16. The molecule has 1 aromatic rings. The Kier molecular flexibility index (Phi) is 3.69. The van der Waals surface area contributed by atoms with E-state index in [0.717, 1.165) is 25.8 Å². The van der Waals surface area contributed by atoms with Crippen molar-refractivity contribution < 1.29 is 15.0 Å². The number of carboxylic acids is 1. The molecule has 1 saturated heterocycles. The summed E-state index contributed by atoms with van der Waals surface area (Å²) in [5.41, 5.74) is 0.664. The molecule has 1 aliphatic heterocycles. The Hall–Kier alpha value is -1.07. The molecule has 17 heavy (non-hydrogen) atoms. The summed E-state index contributed by atoms with van der Waals surface area (Å²) in [5, 5.41) is 22.4. The fourth-order valence-electron chi connectivity index (χ4n) is 2.22. The van der Waals surface area contributed by atoms with Crippen LogP contribution in [0, 0.1) is 0 Å². The maximum atomic E-state index is 11.2. The number of aromatic hydroxyl groups is 1. The van der Waals surface area contributed by atoms with Crippen LogP contribution in [0.1, 0.15) is 41.2 Å². The van der Waals surface area contributed by atoms with Gasteiger partial charge in [-0.3, -0.25) is 0 Å². The van der Waals surface area contributed by atoms with Crippen molar-refractivity contribution in [3.63, 3.8) is 0 Å². The standard InChI is InChI=1S/C12H14BrNO3/c13-8-5-4-7(12(16)17)10(11(8)15)9-3-1-2-6-14-9/h4-5,9,14-15H,1-3,6H2,(H,16,17)/t9-/m0/s1. The molecule has 0 aromatic heterocycles. The Bertz CT molecular complexity index is 442. The lowest BCUT2D eigenvalue weighted by molar-refractivity contribution is 0.0693. The molecule has 0 radical (unpaired) electrons. The van der Waals surface area contributed by atoms with E-state index in [1.165, 1.54) is 6.07 Å². The van der Waals surface area contributed by atoms with E-state index in [4.69, 9.17) is 5.11 Å². The van der Waals surface area contributed by atoms with Gasteiger partial charge in [0.2, 0.25) is 0 Å². The summed E-state index contributed by atoms with van der Waals surface area (Å²) < 4.78 is 0.532. The zero-order valence-electron chi connectivity index (χ0n) is 9.24. The third-order valence-corrected chi connectivity index (χ3v) is 3.70. The molecule has 5 heteroatoms. The highest BCUT2D eigenvalue weighted by atomic mass is 79.9. The van der Waals surface area contributed by atoms with Crippen molar-refractivity contribution >= 4 is 21.9 Å². The lowest BCUT2D eigenvalue weighted by atomic mass is 9.93. The minimum atomic E-state index is -1.00. The molecule has 2 rings (SSSR count). The first-order valence-corrected chi connectivity index (χ1v) is 6.38. The molecule has 0 unspecified atom stereocenters. The van der Waals surface area contributed by atoms with Crippen molar-refractivity contribution in [1.82, 2.24) is 5.32 Å². The van der Waals surface area contributed by atoms with Gasteiger partial charge in [-0.25, -0.2) is 4.79 Å². The van der Waals surface area contributed by atoms with Crippen LogP contribution in [0.2, 0.25) is 0 Å². The normalized spacial score (nSPS) is 20.2. The number of nitrogens with one attached hydrogen (secondary N) is 1. The van der Waals surface area contributed by atoms with E-state index >= 15 is 0 Å². The molecule has 1 heterocycles. The summed E-state index contributed by atoms with van der Waals surface area (Å²) in [7, 11) is 0. The van der Waals surface area contributed by atoms with Crippen LogP contribution in [0.5, 0.6) is 5.75 Å². The summed E-state index contributed by atoms with van der Waals surface area (Å²) >= 11 is 3.23. The van der Waals surface area contributed by atoms with Crippen LogP contribution < -0.4 is 5.32 Å². The Balaban J connectivity index is 2.48. The van der Waals surface area contributed by atoms with Crippen LogP contribution in [-0.2, 0) is 0 Å². The maximum absolute atomic E-state index is 11.2. The molecule has 1 fully saturated rings. The van der Waals surface area contributed by atoms with E-state index < -0.39 is 5.97 Å². The predicted molar refractivity (Wildman–Crippen MR) is 67.4 cm³/mol. The minimum Gasteiger partial charge on any atom is -0.506 e. The highest BCUT2D eigenvalue weighted by Gasteiger charge is 2.25. The molecule has 0 bridgehead atoms. The molecule has 0 saturated carbocycles. The highest BCUT2D eigenvalue weighted by Crippen LogP contribution is 2.37. The molecule has 1 aliphatic rings. The molecule has 0 aliphatic carbocycles. The quantitative estimate of drug-likeness (QED) is 0.785. The number of carbonyl (C=O) groups is 1. The fourth-order valence-corrected chi connectivity index (χ4v) is 2.56. The molecule has 4 nitrogen and oxygen atoms in total. The first-order chi connectivity index (χ1) is 8.11. The van der Waals surface area contributed by atoms with Crippen LogP contribution in [0.3, 0.4) is 0 Å². The van der Waals surface area contributed by atoms with Gasteiger partial charge >= 0.3 is 5.97 Å². The van der Waals surface area contributed by atoms with Crippen molar-refractivity contribution in [1.29, 1.82) is 0 Å². The van der Waals surface area contributed by atoms with Crippen LogP contribution >= 0.6 is 15.9 Å². The summed E-state index contributed by atoms with van der Waals surface area (Å²) in [6, 6.07) is 3.01. The Morgan fingerprint density at radius 3 is 2.76 bits per heavy atom. The summed E-state index contributed by atoms with van der Waals surface area (Å²) in [4.78, 5) is 11.2. The summed E-state index contributed by atoms with van der Waals surface area (Å²) in [5.74, 6) is -0.973. The Labute approximate surface area is 108 Å². The predicted octanol–water partition coefficient (Wildman–Crippen LogP) is 2.67. The monoisotopic (exact) mass is 299 g/mol. The van der Waals surface area contributed by atoms with Gasteiger partial charge in [0.15, 0.2) is 0 Å². The number of phenols is 1. The number of aromatic carboxylic acids is 1. The zero-order chi connectivity index (χ0) is 12.4. The van der Waals surface area contributed by atoms with Crippen LogP contribution in [0.4, 0.5) is 0 Å². The topological polar surface area (TPSA) is 69.6 Å². The van der Waals surface area contributed by atoms with Gasteiger partial charge < -0.3 is 15.5 Å². The Morgan fingerprint density at radius 1 is 1.41 bits per heavy atom. The molecule has 1 atom stereocenters. The van der Waals surface area contributed by atoms with Gasteiger partial charge in [-0.15, -0.1) is 0 Å². The van der Waals surface area contributed by atoms with Gasteiger partial charge in [0.25, 0.3) is 0 Å². The number of rotatable bonds is 2. The van der Waals surface area contributed by atoms with E-state index in [-0.39, 0.29) is 17.4 Å². The largest absolute Gasteiger partial charge is 0.506 e. The van der Waals surface area contributed by atoms with Crippen LogP contribution in [0.25, 0.3) is 0 Å². The van der Waals surface area contributed by atoms with Gasteiger partial charge in [0, 0.05) is 11.6 Å². The average molecular weight is 300 g/mol. The van der Waals surface area contributed by atoms with E-state index in [2.05, 4.69) is 21.2 Å². The Morgan fingerprint density at radius 2 is 2.18 bits per heavy atom. The number of hydrogen-bond donors (Lipinski definition) is 3. The van der Waals surface area contributed by atoms with Gasteiger partial charge in [0.05, 0.1) is 10.0 Å². The minimum absolute atomic E-state index is 0.0318. The first-order valence-electron chi connectivity index (χ1n) is 5.59. The van der Waals surface area contributed by atoms with Crippen LogP contribution in [-0.4, -0.2) is 22.7 Å². The second kappa shape index (κ2) is 5.06. The lowest BCUT2D eigenvalue weighted by Crippen LogP contribution is -2.28. The van der Waals surface area contributed by atoms with E-state index in [1.807, 2.05) is 0 Å². The molecular formula is C12H14BrNO3. The van der Waals surface area contributed by atoms with Crippen molar-refractivity contribution in [2.45, 2.75) is 25.3 Å². The third kappa shape index (κ3) is 2.45. The van der Waals surface area contributed by atoms with Crippen molar-refractivity contribution in [2.24, 2.45) is 0 Å². The number of carboxylic acid groups (broad SMARTS) is 1. The zero-order valence-corrected chi connectivity index (χ0v) is 10.8. The number of halogens is 1. The van der Waals surface area contributed by atoms with Crippen molar-refractivity contribution in [2.75, 3.05) is 6.54 Å². The molecular weight excluding hydrogens is 286 g/mol. The van der Waals surface area contributed by atoms with Gasteiger partial charge in [-0.1, -0.05) is 6.42 Å². The lowest BCUT2D eigenvalue weighted by Gasteiger charge is -2.26. The maximum Gasteiger partial charge on any atom is 0.336 e. The molecule has 92 valence electrons. The van der Waals surface area contributed by atoms with Crippen LogP contribution in [0.15, 0.2) is 16.6 Å². The van der Waals surface area contributed by atoms with Crippen molar-refractivity contribution in [3.05, 3.63) is 27.7 Å². The number of phenolic OH excluding ortho intramolecular Hbond substituents is 1. The SMILES string of the molecule is O=C(O)c1ccc(Br)c(O)c1[C@@H]1CCCCN1. The molecule has 1 aromatic carbocycles. The van der Waals surface area contributed by atoms with Gasteiger partial charge in [0.1, 0.15) is 5.75 Å². The molecule has 0 spiro atoms. The second-order valence-corrected chi connectivity index (χ2v) is 5.02. The van der Waals surface area contributed by atoms with Gasteiger partial charge in [-0.2, -0.15) is 0 Å². The number of piperidine rings is 1. The molecule has 0 amide bonds. The number of hydrogen-bond acceptors (Lipinski definition) is 3. The highest BCUT2D eigenvalue weighted by molar-refractivity contribution is 9.10. The smallest absolute Gasteiger partial charge is 0.336 e. The van der Waals surface area contributed by atoms with E-state index in [9.17, 15) is 9.90 Å². The van der Waals surface area contributed by atoms with E-state index in [0.29, 0.717) is 10.0 Å². The van der Waals surface area contributed by atoms with E-state index in [1.54, 1.807) is 6.07 Å². The average Bonchev–Trinajstić information content (AvgIpc) is 2.33. The fraction of sp³-hybridized carbons (Fsp3) is 0.417. The van der Waals surface area contributed by atoms with Gasteiger partial charge in [-0.05, 0) is 47.4 Å². The molecule has 3 N–H and O–H groups in total. The number of benzene rings is 1. The summed E-state index contributed by atoms with van der Waals surface area (Å²) in [6.45, 7) is 0.857. The summed E-state index contributed by atoms with van der Waals surface area (Å²) in [6.07, 6.45) is 2.99.